The lowest BCUT2D eigenvalue weighted by Gasteiger charge is -2.53. The molecule has 2 spiro atoms. The second-order valence-electron chi connectivity index (χ2n) is 19.1. The predicted molar refractivity (Wildman–Crippen MR) is 229 cm³/mol. The minimum absolute atomic E-state index is 0.0650. The summed E-state index contributed by atoms with van der Waals surface area (Å²) in [7, 11) is 0. The highest BCUT2D eigenvalue weighted by molar-refractivity contribution is 4.94. The van der Waals surface area contributed by atoms with Gasteiger partial charge in [0.25, 0.3) is 0 Å². The second-order valence-corrected chi connectivity index (χ2v) is 19.1. The van der Waals surface area contributed by atoms with Crippen LogP contribution >= 0.6 is 0 Å². The monoisotopic (exact) mass is 797 g/mol. The van der Waals surface area contributed by atoms with Crippen LogP contribution in [0, 0.1) is 21.7 Å². The first-order chi connectivity index (χ1) is 27.0. The van der Waals surface area contributed by atoms with Gasteiger partial charge in [0.1, 0.15) is 0 Å². The number of rotatable bonds is 24. The molecule has 4 fully saturated rings. The Morgan fingerprint density at radius 2 is 0.821 bits per heavy atom. The Bertz CT molecular complexity index is 909. The van der Waals surface area contributed by atoms with Crippen molar-refractivity contribution in [3.63, 3.8) is 0 Å². The van der Waals surface area contributed by atoms with Gasteiger partial charge in [0.15, 0.2) is 11.6 Å². The molecule has 0 bridgehead atoms. The Morgan fingerprint density at radius 1 is 0.500 bits per heavy atom. The summed E-state index contributed by atoms with van der Waals surface area (Å²) in [4.78, 5) is 0. The lowest BCUT2D eigenvalue weighted by Crippen LogP contribution is -2.57. The minimum Gasteiger partial charge on any atom is -0.396 e. The van der Waals surface area contributed by atoms with Crippen LogP contribution in [0.5, 0.6) is 0 Å². The number of hydrogen-bond acceptors (Lipinski definition) is 8. The molecule has 0 amide bonds. The number of aliphatic hydroxyl groups excluding tert-OH is 2. The maximum absolute atomic E-state index is 9.91. The van der Waals surface area contributed by atoms with Gasteiger partial charge in [-0.25, -0.2) is 0 Å². The van der Waals surface area contributed by atoms with E-state index in [0.29, 0.717) is 25.4 Å². The van der Waals surface area contributed by atoms with Gasteiger partial charge in [-0.3, -0.25) is 0 Å². The first-order valence-electron chi connectivity index (χ1n) is 24.0. The summed E-state index contributed by atoms with van der Waals surface area (Å²) < 4.78 is 38.2. The van der Waals surface area contributed by atoms with Crippen LogP contribution in [-0.2, 0) is 28.4 Å². The molecule has 2 N–H and O–H groups in total. The maximum atomic E-state index is 9.91. The fourth-order valence-electron chi connectivity index (χ4n) is 9.28. The quantitative estimate of drug-likeness (QED) is 0.0997. The summed E-state index contributed by atoms with van der Waals surface area (Å²) in [6.45, 7) is 23.0. The van der Waals surface area contributed by atoms with Crippen molar-refractivity contribution >= 4 is 0 Å². The third-order valence-electron chi connectivity index (χ3n) is 15.1. The zero-order valence-electron chi connectivity index (χ0n) is 38.1. The van der Waals surface area contributed by atoms with Crippen LogP contribution in [0.3, 0.4) is 0 Å². The Hall–Kier alpha value is -0.320. The first-order valence-corrected chi connectivity index (χ1v) is 24.0. The molecule has 0 aromatic rings. The highest BCUT2D eigenvalue weighted by Gasteiger charge is 2.52. The molecular weight excluding hydrogens is 705 g/mol. The van der Waals surface area contributed by atoms with Crippen molar-refractivity contribution < 1.29 is 38.6 Å². The van der Waals surface area contributed by atoms with Crippen LogP contribution in [0.25, 0.3) is 0 Å². The lowest BCUT2D eigenvalue weighted by atomic mass is 9.78. The first kappa shape index (κ1) is 50.0. The van der Waals surface area contributed by atoms with Crippen molar-refractivity contribution in [2.45, 2.75) is 233 Å². The largest absolute Gasteiger partial charge is 0.396 e. The molecule has 8 heteroatoms. The molecule has 2 unspecified atom stereocenters. The molecule has 2 aliphatic carbocycles. The summed E-state index contributed by atoms with van der Waals surface area (Å²) >= 11 is 0. The van der Waals surface area contributed by atoms with Gasteiger partial charge in [0, 0.05) is 47.3 Å². The van der Waals surface area contributed by atoms with Crippen LogP contribution in [0.15, 0.2) is 0 Å². The molecule has 56 heavy (non-hydrogen) atoms. The average Bonchev–Trinajstić information content (AvgIpc) is 3.26. The number of unbranched alkanes of at least 4 members (excludes halogenated alkanes) is 4. The molecule has 4 rings (SSSR count). The van der Waals surface area contributed by atoms with E-state index in [0.717, 1.165) is 142 Å². The molecule has 2 saturated heterocycles. The zero-order chi connectivity index (χ0) is 41.0. The van der Waals surface area contributed by atoms with E-state index in [2.05, 4.69) is 55.4 Å². The van der Waals surface area contributed by atoms with Gasteiger partial charge in [-0.05, 0) is 77.0 Å². The van der Waals surface area contributed by atoms with E-state index in [1.165, 1.54) is 38.5 Å². The molecular formula is C48H92O8. The molecule has 4 aliphatic rings. The Balaban J connectivity index is 0.000000300. The fourth-order valence-corrected chi connectivity index (χ4v) is 9.28. The summed E-state index contributed by atoms with van der Waals surface area (Å²) in [6, 6.07) is 0. The Morgan fingerprint density at radius 3 is 1.07 bits per heavy atom. The molecule has 2 saturated carbocycles. The second kappa shape index (κ2) is 24.8. The third-order valence-corrected chi connectivity index (χ3v) is 15.1. The van der Waals surface area contributed by atoms with E-state index < -0.39 is 11.6 Å². The van der Waals surface area contributed by atoms with Crippen molar-refractivity contribution in [2.75, 3.05) is 52.9 Å². The maximum Gasteiger partial charge on any atom is 0.168 e. The van der Waals surface area contributed by atoms with E-state index in [4.69, 9.17) is 28.4 Å². The Kier molecular flexibility index (Phi) is 22.2. The molecule has 2 atom stereocenters. The van der Waals surface area contributed by atoms with Gasteiger partial charge in [0.2, 0.25) is 0 Å². The highest BCUT2D eigenvalue weighted by Crippen LogP contribution is 2.49. The molecule has 0 radical (unpaired) electrons. The smallest absolute Gasteiger partial charge is 0.168 e. The molecule has 2 heterocycles. The molecule has 332 valence electrons. The van der Waals surface area contributed by atoms with Crippen LogP contribution in [-0.4, -0.2) is 86.9 Å². The van der Waals surface area contributed by atoms with Gasteiger partial charge in [-0.1, -0.05) is 107 Å². The van der Waals surface area contributed by atoms with Crippen LogP contribution in [0.4, 0.5) is 0 Å². The van der Waals surface area contributed by atoms with Gasteiger partial charge >= 0.3 is 0 Å². The summed E-state index contributed by atoms with van der Waals surface area (Å²) in [5, 5.41) is 19.8. The third kappa shape index (κ3) is 14.4. The van der Waals surface area contributed by atoms with Gasteiger partial charge < -0.3 is 38.6 Å². The molecule has 0 aromatic heterocycles. The lowest BCUT2D eigenvalue weighted by molar-refractivity contribution is -0.368. The molecule has 2 aliphatic heterocycles. The number of hydrogen-bond donors (Lipinski definition) is 2. The predicted octanol–water partition coefficient (Wildman–Crippen LogP) is 11.7. The minimum atomic E-state index is -0.398. The van der Waals surface area contributed by atoms with E-state index in [1.807, 2.05) is 0 Å². The van der Waals surface area contributed by atoms with Crippen molar-refractivity contribution in [3.05, 3.63) is 0 Å². The number of ether oxygens (including phenoxy) is 6. The van der Waals surface area contributed by atoms with Crippen molar-refractivity contribution in [3.8, 4) is 0 Å². The van der Waals surface area contributed by atoms with E-state index in [9.17, 15) is 10.2 Å². The normalized spacial score (nSPS) is 33.1. The molecule has 8 nitrogen and oxygen atoms in total. The van der Waals surface area contributed by atoms with Gasteiger partial charge in [0.05, 0.1) is 65.1 Å². The van der Waals surface area contributed by atoms with Crippen LogP contribution in [0.2, 0.25) is 0 Å². The summed E-state index contributed by atoms with van der Waals surface area (Å²) in [5.41, 5.74) is 0.303. The van der Waals surface area contributed by atoms with E-state index in [1.54, 1.807) is 0 Å². The van der Waals surface area contributed by atoms with Crippen molar-refractivity contribution in [2.24, 2.45) is 21.7 Å². The summed E-state index contributed by atoms with van der Waals surface area (Å²) in [5.74, 6) is -0.797. The van der Waals surface area contributed by atoms with Crippen LogP contribution in [0.1, 0.15) is 209 Å². The number of aliphatic hydroxyl groups is 2. The average molecular weight is 797 g/mol. The van der Waals surface area contributed by atoms with E-state index in [-0.39, 0.29) is 34.9 Å². The van der Waals surface area contributed by atoms with Crippen LogP contribution < -0.4 is 0 Å². The standard InChI is InChI=1S/C24H44O4.C24H48O4/c1-5-9-11-21(7-3)17-25-23(26-18-21)13-15-24(16-14-23)27-19-22(8-4,20-28-24)12-10-6-2;1-5-9-15-23(7-3,17-25)19-27-21-11-13-22(14-12-21)28-20-24(8-4,18-26)16-10-6-2/h5-20H2,1-4H3;21-22,25-26H,5-20H2,1-4H3. The summed E-state index contributed by atoms with van der Waals surface area (Å²) in [6.07, 6.45) is 26.6. The topological polar surface area (TPSA) is 95.8 Å². The van der Waals surface area contributed by atoms with Crippen molar-refractivity contribution in [1.29, 1.82) is 0 Å². The SMILES string of the molecule is CCCCC(CC)(CO)COC1CCC(OCC(CC)(CO)CCCC)CC1.CCCCC1(CC)COC2(CCC3(CC2)OCC(CC)(CCCC)CO3)OC1. The van der Waals surface area contributed by atoms with Gasteiger partial charge in [-0.15, -0.1) is 0 Å². The zero-order valence-corrected chi connectivity index (χ0v) is 38.1. The molecule has 0 aromatic carbocycles. The highest BCUT2D eigenvalue weighted by atomic mass is 16.7. The van der Waals surface area contributed by atoms with Crippen molar-refractivity contribution in [1.82, 2.24) is 0 Å². The Labute approximate surface area is 345 Å². The fraction of sp³-hybridized carbons (Fsp3) is 1.00. The van der Waals surface area contributed by atoms with Gasteiger partial charge in [-0.2, -0.15) is 0 Å². The van der Waals surface area contributed by atoms with E-state index >= 15 is 0 Å².